The Morgan fingerprint density at radius 1 is 1.14 bits per heavy atom. The maximum absolute atomic E-state index is 12.4. The average Bonchev–Trinajstić information content (AvgIpc) is 2.96. The molecule has 1 aliphatic rings. The van der Waals surface area contributed by atoms with Gasteiger partial charge in [0.05, 0.1) is 5.56 Å². The van der Waals surface area contributed by atoms with Crippen molar-refractivity contribution in [3.63, 3.8) is 0 Å². The van der Waals surface area contributed by atoms with Gasteiger partial charge in [0.2, 0.25) is 0 Å². The smallest absolute Gasteiger partial charge is 0.254 e. The Morgan fingerprint density at radius 3 is 2.64 bits per heavy atom. The Kier molecular flexibility index (Phi) is 4.65. The molecular weight excluding hydrogens is 319 g/mol. The lowest BCUT2D eigenvalue weighted by molar-refractivity contribution is 0.0934. The van der Waals surface area contributed by atoms with Gasteiger partial charge < -0.3 is 5.32 Å². The Morgan fingerprint density at radius 2 is 1.91 bits per heavy atom. The number of hydrogen-bond donors (Lipinski definition) is 1. The predicted octanol–water partition coefficient (Wildman–Crippen LogP) is 4.45. The molecule has 0 spiro atoms. The lowest BCUT2D eigenvalue weighted by Crippen LogP contribution is -2.36. The third-order valence-corrected chi connectivity index (χ3v) is 4.69. The molecule has 0 unspecified atom stereocenters. The van der Waals surface area contributed by atoms with E-state index in [4.69, 9.17) is 23.2 Å². The van der Waals surface area contributed by atoms with E-state index in [1.807, 2.05) is 24.3 Å². The SMILES string of the molecule is O=C(N[C@@H]1CCC[C@H]1c1ccc(Cl)cc1)c1cccnc1Cl. The van der Waals surface area contributed by atoms with Gasteiger partial charge in [-0.25, -0.2) is 4.98 Å². The van der Waals surface area contributed by atoms with Gasteiger partial charge in [-0.05, 0) is 42.7 Å². The van der Waals surface area contributed by atoms with Crippen molar-refractivity contribution in [2.45, 2.75) is 31.2 Å². The molecule has 22 heavy (non-hydrogen) atoms. The zero-order valence-electron chi connectivity index (χ0n) is 11.9. The molecule has 114 valence electrons. The molecule has 0 saturated heterocycles. The van der Waals surface area contributed by atoms with Crippen molar-refractivity contribution >= 4 is 29.1 Å². The fourth-order valence-electron chi connectivity index (χ4n) is 3.04. The highest BCUT2D eigenvalue weighted by molar-refractivity contribution is 6.32. The number of carbonyl (C=O) groups excluding carboxylic acids is 1. The first-order valence-electron chi connectivity index (χ1n) is 7.32. The van der Waals surface area contributed by atoms with Crippen LogP contribution in [0.1, 0.15) is 41.1 Å². The lowest BCUT2D eigenvalue weighted by Gasteiger charge is -2.21. The number of nitrogens with zero attached hydrogens (tertiary/aromatic N) is 1. The Hall–Kier alpha value is -1.58. The maximum Gasteiger partial charge on any atom is 0.254 e. The van der Waals surface area contributed by atoms with Crippen LogP contribution >= 0.6 is 23.2 Å². The lowest BCUT2D eigenvalue weighted by atomic mass is 9.94. The summed E-state index contributed by atoms with van der Waals surface area (Å²) >= 11 is 11.9. The van der Waals surface area contributed by atoms with E-state index in [2.05, 4.69) is 10.3 Å². The van der Waals surface area contributed by atoms with Crippen molar-refractivity contribution in [2.75, 3.05) is 0 Å². The molecule has 1 N–H and O–H groups in total. The second kappa shape index (κ2) is 6.67. The van der Waals surface area contributed by atoms with Gasteiger partial charge in [0.1, 0.15) is 5.15 Å². The maximum atomic E-state index is 12.4. The van der Waals surface area contributed by atoms with Gasteiger partial charge >= 0.3 is 0 Å². The Labute approximate surface area is 139 Å². The van der Waals surface area contributed by atoms with Gasteiger partial charge in [0.25, 0.3) is 5.91 Å². The molecule has 1 aromatic carbocycles. The molecule has 1 amide bonds. The monoisotopic (exact) mass is 334 g/mol. The topological polar surface area (TPSA) is 42.0 Å². The van der Waals surface area contributed by atoms with Crippen LogP contribution in [0.3, 0.4) is 0 Å². The van der Waals surface area contributed by atoms with Gasteiger partial charge in [-0.2, -0.15) is 0 Å². The Bertz CT molecular complexity index is 673. The molecule has 2 atom stereocenters. The van der Waals surface area contributed by atoms with Crippen molar-refractivity contribution in [1.29, 1.82) is 0 Å². The number of pyridine rings is 1. The summed E-state index contributed by atoms with van der Waals surface area (Å²) in [6.07, 6.45) is 4.70. The van der Waals surface area contributed by atoms with Gasteiger partial charge in [0, 0.05) is 23.2 Å². The minimum atomic E-state index is -0.163. The number of amides is 1. The number of rotatable bonds is 3. The van der Waals surface area contributed by atoms with E-state index in [1.165, 1.54) is 5.56 Å². The van der Waals surface area contributed by atoms with Crippen LogP contribution in [0.5, 0.6) is 0 Å². The fourth-order valence-corrected chi connectivity index (χ4v) is 3.37. The molecule has 0 bridgehead atoms. The van der Waals surface area contributed by atoms with E-state index >= 15 is 0 Å². The molecule has 1 heterocycles. The van der Waals surface area contributed by atoms with E-state index in [0.717, 1.165) is 24.3 Å². The molecule has 2 aromatic rings. The molecule has 1 aliphatic carbocycles. The number of hydrogen-bond acceptors (Lipinski definition) is 2. The van der Waals surface area contributed by atoms with E-state index in [-0.39, 0.29) is 17.1 Å². The van der Waals surface area contributed by atoms with Gasteiger partial charge in [-0.15, -0.1) is 0 Å². The second-order valence-electron chi connectivity index (χ2n) is 5.51. The van der Waals surface area contributed by atoms with E-state index in [1.54, 1.807) is 18.3 Å². The molecule has 0 radical (unpaired) electrons. The summed E-state index contributed by atoms with van der Waals surface area (Å²) in [4.78, 5) is 16.3. The first-order chi connectivity index (χ1) is 10.6. The summed E-state index contributed by atoms with van der Waals surface area (Å²) in [6, 6.07) is 11.4. The van der Waals surface area contributed by atoms with E-state index in [0.29, 0.717) is 11.5 Å². The van der Waals surface area contributed by atoms with Crippen LogP contribution < -0.4 is 5.32 Å². The quantitative estimate of drug-likeness (QED) is 0.842. The summed E-state index contributed by atoms with van der Waals surface area (Å²) in [6.45, 7) is 0. The highest BCUT2D eigenvalue weighted by atomic mass is 35.5. The zero-order chi connectivity index (χ0) is 15.5. The van der Waals surface area contributed by atoms with Crippen LogP contribution in [0.4, 0.5) is 0 Å². The number of halogens is 2. The summed E-state index contributed by atoms with van der Waals surface area (Å²) in [5.41, 5.74) is 1.63. The van der Waals surface area contributed by atoms with Crippen LogP contribution in [0.2, 0.25) is 10.2 Å². The summed E-state index contributed by atoms with van der Waals surface area (Å²) < 4.78 is 0. The van der Waals surface area contributed by atoms with E-state index < -0.39 is 0 Å². The van der Waals surface area contributed by atoms with Crippen molar-refractivity contribution in [1.82, 2.24) is 10.3 Å². The van der Waals surface area contributed by atoms with E-state index in [9.17, 15) is 4.79 Å². The molecule has 1 fully saturated rings. The van der Waals surface area contributed by atoms with Crippen LogP contribution in [0.25, 0.3) is 0 Å². The first kappa shape index (κ1) is 15.3. The molecule has 3 rings (SSSR count). The number of benzene rings is 1. The van der Waals surface area contributed by atoms with Crippen LogP contribution in [-0.2, 0) is 0 Å². The van der Waals surface area contributed by atoms with Gasteiger partial charge in [-0.1, -0.05) is 41.8 Å². The third kappa shape index (κ3) is 3.26. The largest absolute Gasteiger partial charge is 0.349 e. The summed E-state index contributed by atoms with van der Waals surface area (Å²) in [7, 11) is 0. The second-order valence-corrected chi connectivity index (χ2v) is 6.31. The summed E-state index contributed by atoms with van der Waals surface area (Å²) in [5.74, 6) is 0.153. The average molecular weight is 335 g/mol. The number of aromatic nitrogens is 1. The molecule has 3 nitrogen and oxygen atoms in total. The predicted molar refractivity (Wildman–Crippen MR) is 88.5 cm³/mol. The molecule has 5 heteroatoms. The van der Waals surface area contributed by atoms with Crippen molar-refractivity contribution in [3.05, 3.63) is 63.9 Å². The van der Waals surface area contributed by atoms with Gasteiger partial charge in [0.15, 0.2) is 0 Å². The normalized spacial score (nSPS) is 20.8. The standard InChI is InChI=1S/C17H16Cl2N2O/c18-12-8-6-11(7-9-12)13-3-1-5-15(13)21-17(22)14-4-2-10-20-16(14)19/h2,4,6-10,13,15H,1,3,5H2,(H,21,22)/t13-,15+/m0/s1. The van der Waals surface area contributed by atoms with Crippen molar-refractivity contribution in [3.8, 4) is 0 Å². The highest BCUT2D eigenvalue weighted by Crippen LogP contribution is 2.35. The molecule has 1 saturated carbocycles. The fraction of sp³-hybridized carbons (Fsp3) is 0.294. The third-order valence-electron chi connectivity index (χ3n) is 4.13. The van der Waals surface area contributed by atoms with Crippen LogP contribution in [-0.4, -0.2) is 16.9 Å². The van der Waals surface area contributed by atoms with Crippen LogP contribution in [0.15, 0.2) is 42.6 Å². The molecule has 1 aromatic heterocycles. The number of carbonyl (C=O) groups is 1. The minimum absolute atomic E-state index is 0.116. The molecular formula is C17H16Cl2N2O. The minimum Gasteiger partial charge on any atom is -0.349 e. The molecule has 0 aliphatic heterocycles. The van der Waals surface area contributed by atoms with Crippen LogP contribution in [0, 0.1) is 0 Å². The Balaban J connectivity index is 1.75. The number of nitrogens with one attached hydrogen (secondary N) is 1. The summed E-state index contributed by atoms with van der Waals surface area (Å²) in [5, 5.41) is 4.07. The van der Waals surface area contributed by atoms with Gasteiger partial charge in [-0.3, -0.25) is 4.79 Å². The first-order valence-corrected chi connectivity index (χ1v) is 8.07. The highest BCUT2D eigenvalue weighted by Gasteiger charge is 2.30. The van der Waals surface area contributed by atoms with Crippen molar-refractivity contribution in [2.24, 2.45) is 0 Å². The van der Waals surface area contributed by atoms with Crippen molar-refractivity contribution < 1.29 is 4.79 Å². The zero-order valence-corrected chi connectivity index (χ0v) is 13.4.